The Bertz CT molecular complexity index is 330. The maximum Gasteiger partial charge on any atom is 0.228 e. The van der Waals surface area contributed by atoms with E-state index in [-0.39, 0.29) is 5.41 Å². The Hall–Kier alpha value is -0.570. The summed E-state index contributed by atoms with van der Waals surface area (Å²) in [6.45, 7) is 4.24. The lowest BCUT2D eigenvalue weighted by molar-refractivity contribution is -0.135. The lowest BCUT2D eigenvalue weighted by Gasteiger charge is -2.38. The number of rotatable bonds is 2. The minimum atomic E-state index is -0.0689. The van der Waals surface area contributed by atoms with Gasteiger partial charge >= 0.3 is 0 Å². The summed E-state index contributed by atoms with van der Waals surface area (Å²) in [5, 5.41) is 6.84. The summed E-state index contributed by atoms with van der Waals surface area (Å²) < 4.78 is 0. The molecule has 102 valence electrons. The van der Waals surface area contributed by atoms with Gasteiger partial charge in [-0.15, -0.1) is 0 Å². The Morgan fingerprint density at radius 2 is 2.11 bits per heavy atom. The van der Waals surface area contributed by atoms with E-state index in [9.17, 15) is 4.79 Å². The molecular formula is C15H26N2O. The van der Waals surface area contributed by atoms with Crippen molar-refractivity contribution in [2.75, 3.05) is 13.1 Å². The van der Waals surface area contributed by atoms with Crippen molar-refractivity contribution in [3.8, 4) is 0 Å². The van der Waals surface area contributed by atoms with Gasteiger partial charge in [0.1, 0.15) is 0 Å². The van der Waals surface area contributed by atoms with Crippen LogP contribution in [0.3, 0.4) is 0 Å². The fourth-order valence-corrected chi connectivity index (χ4v) is 4.36. The van der Waals surface area contributed by atoms with Crippen molar-refractivity contribution in [2.45, 2.75) is 57.9 Å². The summed E-state index contributed by atoms with van der Waals surface area (Å²) in [5.74, 6) is 1.61. The zero-order chi connectivity index (χ0) is 12.6. The Morgan fingerprint density at radius 1 is 1.22 bits per heavy atom. The van der Waals surface area contributed by atoms with Crippen LogP contribution >= 0.6 is 0 Å². The van der Waals surface area contributed by atoms with Crippen LogP contribution in [0.4, 0.5) is 0 Å². The number of carbonyl (C=O) groups is 1. The second-order valence-corrected chi connectivity index (χ2v) is 6.72. The minimum Gasteiger partial charge on any atom is -0.353 e. The monoisotopic (exact) mass is 250 g/mol. The molecule has 0 aromatic carbocycles. The van der Waals surface area contributed by atoms with Crippen LogP contribution in [0.25, 0.3) is 0 Å². The zero-order valence-corrected chi connectivity index (χ0v) is 11.5. The lowest BCUT2D eigenvalue weighted by Crippen LogP contribution is -2.51. The van der Waals surface area contributed by atoms with Crippen molar-refractivity contribution in [1.82, 2.24) is 10.6 Å². The van der Waals surface area contributed by atoms with E-state index in [1.54, 1.807) is 0 Å². The maximum absolute atomic E-state index is 12.8. The number of amides is 1. The van der Waals surface area contributed by atoms with Gasteiger partial charge in [0, 0.05) is 12.6 Å². The van der Waals surface area contributed by atoms with E-state index in [1.807, 2.05) is 0 Å². The van der Waals surface area contributed by atoms with E-state index < -0.39 is 0 Å². The first kappa shape index (κ1) is 12.5. The Labute approximate surface area is 110 Å². The molecule has 1 heterocycles. The summed E-state index contributed by atoms with van der Waals surface area (Å²) >= 11 is 0. The first-order valence-electron chi connectivity index (χ1n) is 7.74. The summed E-state index contributed by atoms with van der Waals surface area (Å²) in [5.41, 5.74) is -0.0689. The van der Waals surface area contributed by atoms with Crippen molar-refractivity contribution in [3.63, 3.8) is 0 Å². The van der Waals surface area contributed by atoms with Crippen LogP contribution < -0.4 is 10.6 Å². The van der Waals surface area contributed by atoms with Gasteiger partial charge in [0.2, 0.25) is 5.91 Å². The first-order chi connectivity index (χ1) is 8.72. The molecule has 18 heavy (non-hydrogen) atoms. The van der Waals surface area contributed by atoms with Gasteiger partial charge in [-0.2, -0.15) is 0 Å². The van der Waals surface area contributed by atoms with Crippen LogP contribution in [-0.4, -0.2) is 25.0 Å². The van der Waals surface area contributed by atoms with Gasteiger partial charge < -0.3 is 10.6 Å². The highest BCUT2D eigenvalue weighted by Gasteiger charge is 2.50. The van der Waals surface area contributed by atoms with Gasteiger partial charge in [0.05, 0.1) is 5.41 Å². The molecule has 1 amide bonds. The quantitative estimate of drug-likeness (QED) is 0.788. The van der Waals surface area contributed by atoms with Crippen molar-refractivity contribution >= 4 is 5.91 Å². The van der Waals surface area contributed by atoms with E-state index in [0.29, 0.717) is 23.8 Å². The fraction of sp³-hybridized carbons (Fsp3) is 0.933. The van der Waals surface area contributed by atoms with E-state index in [4.69, 9.17) is 0 Å². The van der Waals surface area contributed by atoms with Crippen LogP contribution in [0.1, 0.15) is 51.9 Å². The molecule has 2 N–H and O–H groups in total. The summed E-state index contributed by atoms with van der Waals surface area (Å²) in [6, 6.07) is 0.440. The number of hydrogen-bond acceptors (Lipinski definition) is 2. The highest BCUT2D eigenvalue weighted by atomic mass is 16.2. The predicted octanol–water partition coefficient (Wildman–Crippen LogP) is 2.07. The molecule has 2 aliphatic carbocycles. The molecule has 3 heteroatoms. The molecule has 4 atom stereocenters. The smallest absolute Gasteiger partial charge is 0.228 e. The van der Waals surface area contributed by atoms with E-state index >= 15 is 0 Å². The molecule has 2 unspecified atom stereocenters. The highest BCUT2D eigenvalue weighted by molar-refractivity contribution is 5.84. The third-order valence-electron chi connectivity index (χ3n) is 5.67. The van der Waals surface area contributed by atoms with Crippen molar-refractivity contribution in [3.05, 3.63) is 0 Å². The number of nitrogens with one attached hydrogen (secondary N) is 2. The maximum atomic E-state index is 12.8. The van der Waals surface area contributed by atoms with Crippen molar-refractivity contribution in [1.29, 1.82) is 0 Å². The number of fused-ring (bicyclic) bond motifs is 1. The third kappa shape index (κ3) is 1.97. The van der Waals surface area contributed by atoms with Gasteiger partial charge in [-0.3, -0.25) is 4.79 Å². The van der Waals surface area contributed by atoms with E-state index in [1.165, 1.54) is 38.5 Å². The Balaban J connectivity index is 1.70. The normalized spacial score (nSPS) is 43.7. The average Bonchev–Trinajstić information content (AvgIpc) is 2.97. The highest BCUT2D eigenvalue weighted by Crippen LogP contribution is 2.44. The van der Waals surface area contributed by atoms with Gasteiger partial charge in [-0.05, 0) is 44.1 Å². The lowest BCUT2D eigenvalue weighted by atomic mass is 9.67. The van der Waals surface area contributed by atoms with Crippen LogP contribution in [0.15, 0.2) is 0 Å². The second kappa shape index (κ2) is 4.84. The fourth-order valence-electron chi connectivity index (χ4n) is 4.36. The van der Waals surface area contributed by atoms with Crippen LogP contribution in [0.5, 0.6) is 0 Å². The van der Waals surface area contributed by atoms with E-state index in [2.05, 4.69) is 17.6 Å². The summed E-state index contributed by atoms with van der Waals surface area (Å²) in [6.07, 6.45) is 8.60. The molecule has 3 fully saturated rings. The molecule has 0 radical (unpaired) electrons. The first-order valence-corrected chi connectivity index (χ1v) is 7.74. The molecule has 0 bridgehead atoms. The third-order valence-corrected chi connectivity index (χ3v) is 5.67. The van der Waals surface area contributed by atoms with Gasteiger partial charge in [0.25, 0.3) is 0 Å². The second-order valence-electron chi connectivity index (χ2n) is 6.72. The molecule has 0 aromatic heterocycles. The molecule has 3 nitrogen and oxygen atoms in total. The molecule has 3 rings (SSSR count). The minimum absolute atomic E-state index is 0.0689. The van der Waals surface area contributed by atoms with Crippen LogP contribution in [0.2, 0.25) is 0 Å². The summed E-state index contributed by atoms with van der Waals surface area (Å²) in [7, 11) is 0. The molecular weight excluding hydrogens is 224 g/mol. The summed E-state index contributed by atoms with van der Waals surface area (Å²) in [4.78, 5) is 12.8. The Morgan fingerprint density at radius 3 is 2.89 bits per heavy atom. The number of hydrogen-bond donors (Lipinski definition) is 2. The van der Waals surface area contributed by atoms with Crippen LogP contribution in [0, 0.1) is 17.3 Å². The molecule has 0 spiro atoms. The molecule has 1 saturated heterocycles. The van der Waals surface area contributed by atoms with Crippen molar-refractivity contribution < 1.29 is 4.79 Å². The molecule has 0 aromatic rings. The molecule has 3 aliphatic rings. The van der Waals surface area contributed by atoms with Gasteiger partial charge in [-0.1, -0.05) is 26.2 Å². The largest absolute Gasteiger partial charge is 0.353 e. The van der Waals surface area contributed by atoms with Crippen LogP contribution in [-0.2, 0) is 4.79 Å². The average molecular weight is 250 g/mol. The predicted molar refractivity (Wildman–Crippen MR) is 72.2 cm³/mol. The zero-order valence-electron chi connectivity index (χ0n) is 11.5. The van der Waals surface area contributed by atoms with Crippen molar-refractivity contribution in [2.24, 2.45) is 17.3 Å². The van der Waals surface area contributed by atoms with Gasteiger partial charge in [-0.25, -0.2) is 0 Å². The van der Waals surface area contributed by atoms with Gasteiger partial charge in [0.15, 0.2) is 0 Å². The number of carbonyl (C=O) groups excluding carboxylic acids is 1. The topological polar surface area (TPSA) is 41.1 Å². The SMILES string of the molecule is CC1CCCC1NC(=O)[C@@]12CCCC[C@H]1CNC2. The standard InChI is InChI=1S/C15H26N2O/c1-11-5-4-7-13(11)17-14(18)15-8-3-2-6-12(15)9-16-10-15/h11-13,16H,2-10H2,1H3,(H,17,18)/t11?,12-,13?,15+/m0/s1. The molecule has 2 saturated carbocycles. The molecule has 1 aliphatic heterocycles. The Kier molecular flexibility index (Phi) is 3.35. The van der Waals surface area contributed by atoms with E-state index in [0.717, 1.165) is 19.5 Å².